The Morgan fingerprint density at radius 2 is 1.95 bits per heavy atom. The number of fused-ring (bicyclic) bond motifs is 1. The van der Waals surface area contributed by atoms with Crippen molar-refractivity contribution in [3.63, 3.8) is 0 Å². The Bertz CT molecular complexity index is 614. The van der Waals surface area contributed by atoms with E-state index in [1.165, 1.54) is 16.3 Å². The lowest BCUT2D eigenvalue weighted by Crippen LogP contribution is -2.40. The Kier molecular flexibility index (Phi) is 3.83. The number of carbonyl (C=O) groups is 1. The number of likely N-dealkylation sites (tertiary alicyclic amines) is 1. The average Bonchev–Trinajstić information content (AvgIpc) is 2.49. The molecule has 1 aliphatic heterocycles. The normalized spacial score (nSPS) is 20.4. The van der Waals surface area contributed by atoms with Crippen molar-refractivity contribution in [3.05, 3.63) is 48.0 Å². The molecule has 0 aromatic heterocycles. The second kappa shape index (κ2) is 5.76. The summed E-state index contributed by atoms with van der Waals surface area (Å²) in [7, 11) is 0. The summed E-state index contributed by atoms with van der Waals surface area (Å²) in [5, 5.41) is 2.63. The maximum Gasteiger partial charge on any atom is 0.138 e. The van der Waals surface area contributed by atoms with Gasteiger partial charge in [-0.1, -0.05) is 49.4 Å². The molecule has 2 aromatic carbocycles. The summed E-state index contributed by atoms with van der Waals surface area (Å²) < 4.78 is 0. The van der Waals surface area contributed by atoms with Gasteiger partial charge in [-0.25, -0.2) is 0 Å². The zero-order valence-electron chi connectivity index (χ0n) is 12.0. The summed E-state index contributed by atoms with van der Waals surface area (Å²) in [5.74, 6) is 0.681. The van der Waals surface area contributed by atoms with E-state index in [9.17, 15) is 4.79 Å². The largest absolute Gasteiger partial charge is 0.299 e. The van der Waals surface area contributed by atoms with Gasteiger partial charge in [-0.15, -0.1) is 0 Å². The zero-order valence-corrected chi connectivity index (χ0v) is 12.0. The molecule has 1 fully saturated rings. The second-order valence-electron chi connectivity index (χ2n) is 5.69. The minimum atomic E-state index is 0.235. The number of hydrogen-bond donors (Lipinski definition) is 0. The molecule has 2 nitrogen and oxygen atoms in total. The molecular formula is C18H21NO. The molecule has 2 aromatic rings. The predicted molar refractivity (Wildman–Crippen MR) is 82.6 cm³/mol. The molecule has 0 N–H and O–H groups in total. The van der Waals surface area contributed by atoms with E-state index in [1.54, 1.807) is 0 Å². The molecule has 2 heteroatoms. The lowest BCUT2D eigenvalue weighted by molar-refractivity contribution is -0.126. The monoisotopic (exact) mass is 267 g/mol. The Labute approximate surface area is 120 Å². The number of ketones is 1. The average molecular weight is 267 g/mol. The maximum atomic E-state index is 11.8. The van der Waals surface area contributed by atoms with Gasteiger partial charge in [0.15, 0.2) is 0 Å². The van der Waals surface area contributed by atoms with Crippen molar-refractivity contribution in [3.8, 4) is 0 Å². The first-order valence-electron chi connectivity index (χ1n) is 7.49. The van der Waals surface area contributed by atoms with E-state index in [1.807, 2.05) is 0 Å². The molecule has 1 saturated heterocycles. The van der Waals surface area contributed by atoms with Crippen molar-refractivity contribution in [2.24, 2.45) is 5.92 Å². The van der Waals surface area contributed by atoms with E-state index in [4.69, 9.17) is 0 Å². The molecule has 3 rings (SSSR count). The smallest absolute Gasteiger partial charge is 0.138 e. The van der Waals surface area contributed by atoms with Gasteiger partial charge < -0.3 is 0 Å². The molecule has 0 bridgehead atoms. The summed E-state index contributed by atoms with van der Waals surface area (Å²) in [4.78, 5) is 14.2. The van der Waals surface area contributed by atoms with Crippen molar-refractivity contribution in [2.45, 2.75) is 26.3 Å². The van der Waals surface area contributed by atoms with Crippen molar-refractivity contribution in [1.82, 2.24) is 4.90 Å². The quantitative estimate of drug-likeness (QED) is 0.846. The highest BCUT2D eigenvalue weighted by Gasteiger charge is 2.25. The topological polar surface area (TPSA) is 20.3 Å². The Hall–Kier alpha value is -1.67. The number of rotatable bonds is 3. The van der Waals surface area contributed by atoms with Gasteiger partial charge >= 0.3 is 0 Å². The van der Waals surface area contributed by atoms with Crippen LogP contribution in [0, 0.1) is 5.92 Å². The third kappa shape index (κ3) is 2.61. The van der Waals surface area contributed by atoms with Gasteiger partial charge in [0.25, 0.3) is 0 Å². The van der Waals surface area contributed by atoms with E-state index >= 15 is 0 Å². The van der Waals surface area contributed by atoms with Gasteiger partial charge in [0.1, 0.15) is 5.78 Å². The number of piperidine rings is 1. The lowest BCUT2D eigenvalue weighted by Gasteiger charge is -2.31. The molecule has 20 heavy (non-hydrogen) atoms. The van der Waals surface area contributed by atoms with Crippen LogP contribution >= 0.6 is 0 Å². The molecule has 1 atom stereocenters. The highest BCUT2D eigenvalue weighted by Crippen LogP contribution is 2.23. The van der Waals surface area contributed by atoms with Crippen LogP contribution < -0.4 is 0 Å². The summed E-state index contributed by atoms with van der Waals surface area (Å²) in [5.41, 5.74) is 1.37. The van der Waals surface area contributed by atoms with Crippen molar-refractivity contribution in [2.75, 3.05) is 13.1 Å². The van der Waals surface area contributed by atoms with Gasteiger partial charge in [0, 0.05) is 32.0 Å². The van der Waals surface area contributed by atoms with Crippen LogP contribution in [0.5, 0.6) is 0 Å². The molecule has 0 spiro atoms. The van der Waals surface area contributed by atoms with Crippen molar-refractivity contribution >= 4 is 16.6 Å². The minimum Gasteiger partial charge on any atom is -0.299 e. The van der Waals surface area contributed by atoms with Crippen molar-refractivity contribution in [1.29, 1.82) is 0 Å². The summed E-state index contributed by atoms with van der Waals surface area (Å²) >= 11 is 0. The zero-order chi connectivity index (χ0) is 13.9. The van der Waals surface area contributed by atoms with Crippen LogP contribution in [0.1, 0.15) is 25.3 Å². The SMILES string of the molecule is CCC1CN(Cc2cccc3ccccc23)CCC1=O. The molecule has 104 valence electrons. The van der Waals surface area contributed by atoms with Crippen molar-refractivity contribution < 1.29 is 4.79 Å². The Morgan fingerprint density at radius 1 is 1.15 bits per heavy atom. The standard InChI is InChI=1S/C18H21NO/c1-2-14-12-19(11-10-18(14)20)13-16-8-5-7-15-6-3-4-9-17(15)16/h3-9,14H,2,10-13H2,1H3. The third-order valence-corrected chi connectivity index (χ3v) is 4.38. The summed E-state index contributed by atoms with van der Waals surface area (Å²) in [6, 6.07) is 15.0. The van der Waals surface area contributed by atoms with Gasteiger partial charge in [0.05, 0.1) is 0 Å². The number of carbonyl (C=O) groups excluding carboxylic acids is 1. The van der Waals surface area contributed by atoms with Crippen LogP contribution in [-0.4, -0.2) is 23.8 Å². The number of benzene rings is 2. The lowest BCUT2D eigenvalue weighted by atomic mass is 9.93. The summed E-state index contributed by atoms with van der Waals surface area (Å²) in [6.07, 6.45) is 1.67. The maximum absolute atomic E-state index is 11.8. The molecule has 1 heterocycles. The van der Waals surface area contributed by atoms with Crippen LogP contribution in [-0.2, 0) is 11.3 Å². The van der Waals surface area contributed by atoms with Gasteiger partial charge in [-0.3, -0.25) is 9.69 Å². The van der Waals surface area contributed by atoms with Crippen LogP contribution in [0.15, 0.2) is 42.5 Å². The predicted octanol–water partition coefficient (Wildman–Crippen LogP) is 3.64. The van der Waals surface area contributed by atoms with E-state index < -0.39 is 0 Å². The fourth-order valence-corrected chi connectivity index (χ4v) is 3.15. The number of hydrogen-bond acceptors (Lipinski definition) is 2. The molecule has 0 saturated carbocycles. The van der Waals surface area contributed by atoms with Crippen LogP contribution in [0.4, 0.5) is 0 Å². The van der Waals surface area contributed by atoms with Gasteiger partial charge in [-0.05, 0) is 22.8 Å². The molecule has 0 radical (unpaired) electrons. The number of Topliss-reactive ketones (excluding diaryl/α,β-unsaturated/α-hetero) is 1. The molecule has 0 amide bonds. The molecular weight excluding hydrogens is 246 g/mol. The fourth-order valence-electron chi connectivity index (χ4n) is 3.15. The number of nitrogens with zero attached hydrogens (tertiary/aromatic N) is 1. The second-order valence-corrected chi connectivity index (χ2v) is 5.69. The Balaban J connectivity index is 1.81. The van der Waals surface area contributed by atoms with E-state index in [0.717, 1.165) is 26.1 Å². The van der Waals surface area contributed by atoms with Crippen LogP contribution in [0.25, 0.3) is 10.8 Å². The fraction of sp³-hybridized carbons (Fsp3) is 0.389. The van der Waals surface area contributed by atoms with E-state index in [2.05, 4.69) is 54.3 Å². The molecule has 0 aliphatic carbocycles. The first kappa shape index (κ1) is 13.3. The minimum absolute atomic E-state index is 0.235. The van der Waals surface area contributed by atoms with E-state index in [0.29, 0.717) is 12.2 Å². The Morgan fingerprint density at radius 3 is 2.80 bits per heavy atom. The van der Waals surface area contributed by atoms with Gasteiger partial charge in [-0.2, -0.15) is 0 Å². The molecule has 1 aliphatic rings. The first-order valence-corrected chi connectivity index (χ1v) is 7.49. The van der Waals surface area contributed by atoms with E-state index in [-0.39, 0.29) is 5.92 Å². The molecule has 1 unspecified atom stereocenters. The highest BCUT2D eigenvalue weighted by atomic mass is 16.1. The summed E-state index contributed by atoms with van der Waals surface area (Å²) in [6.45, 7) is 4.88. The first-order chi connectivity index (χ1) is 9.78. The third-order valence-electron chi connectivity index (χ3n) is 4.38. The van der Waals surface area contributed by atoms with Crippen LogP contribution in [0.3, 0.4) is 0 Å². The highest BCUT2D eigenvalue weighted by molar-refractivity contribution is 5.85. The van der Waals surface area contributed by atoms with Gasteiger partial charge in [0.2, 0.25) is 0 Å². The van der Waals surface area contributed by atoms with Crippen LogP contribution in [0.2, 0.25) is 0 Å².